The quantitative estimate of drug-likeness (QED) is 0.104. The summed E-state index contributed by atoms with van der Waals surface area (Å²) in [6.45, 7) is -0.475. The summed E-state index contributed by atoms with van der Waals surface area (Å²) >= 11 is 0. The molecule has 0 aliphatic rings. The summed E-state index contributed by atoms with van der Waals surface area (Å²) in [5.74, 6) is -4.93. The van der Waals surface area contributed by atoms with Gasteiger partial charge >= 0.3 is 11.9 Å². The zero-order valence-electron chi connectivity index (χ0n) is 21.4. The van der Waals surface area contributed by atoms with Gasteiger partial charge in [0.15, 0.2) is 0 Å². The van der Waals surface area contributed by atoms with Gasteiger partial charge in [0.1, 0.15) is 18.1 Å². The van der Waals surface area contributed by atoms with Crippen LogP contribution in [-0.2, 0) is 30.4 Å². The fourth-order valence-corrected chi connectivity index (χ4v) is 3.91. The first kappa shape index (κ1) is 31.2. The molecule has 214 valence electrons. The van der Waals surface area contributed by atoms with Crippen molar-refractivity contribution in [3.8, 4) is 0 Å². The van der Waals surface area contributed by atoms with Crippen LogP contribution in [0.25, 0.3) is 10.9 Å². The summed E-state index contributed by atoms with van der Waals surface area (Å²) in [7, 11) is 0. The van der Waals surface area contributed by atoms with Gasteiger partial charge in [-0.25, -0.2) is 4.79 Å². The van der Waals surface area contributed by atoms with Crippen molar-refractivity contribution in [1.82, 2.24) is 20.9 Å². The molecule has 14 heteroatoms. The molecule has 0 aliphatic carbocycles. The summed E-state index contributed by atoms with van der Waals surface area (Å²) in [6, 6.07) is 2.05. The van der Waals surface area contributed by atoms with Gasteiger partial charge in [0, 0.05) is 29.9 Å². The molecule has 39 heavy (non-hydrogen) atoms. The number of aliphatic hydroxyl groups excluding tert-OH is 1. The van der Waals surface area contributed by atoms with Crippen LogP contribution in [0.1, 0.15) is 37.7 Å². The van der Waals surface area contributed by atoms with E-state index in [0.717, 1.165) is 10.9 Å². The minimum absolute atomic E-state index is 0.0240. The average molecular weight is 549 g/mol. The lowest BCUT2D eigenvalue weighted by Gasteiger charge is -2.24. The number of benzene rings is 1. The summed E-state index contributed by atoms with van der Waals surface area (Å²) in [5, 5.41) is 36.0. The van der Waals surface area contributed by atoms with E-state index in [4.69, 9.17) is 16.6 Å². The Morgan fingerprint density at radius 3 is 2.15 bits per heavy atom. The number of rotatable bonds is 17. The van der Waals surface area contributed by atoms with Gasteiger partial charge in [0.05, 0.1) is 12.6 Å². The Balaban J connectivity index is 2.19. The van der Waals surface area contributed by atoms with Crippen molar-refractivity contribution in [2.24, 2.45) is 11.5 Å². The molecule has 0 saturated heterocycles. The number of carbonyl (C=O) groups excluding carboxylic acids is 3. The number of carbonyl (C=O) groups is 5. The van der Waals surface area contributed by atoms with Crippen LogP contribution >= 0.6 is 0 Å². The summed E-state index contributed by atoms with van der Waals surface area (Å²) < 4.78 is 0. The van der Waals surface area contributed by atoms with Gasteiger partial charge in [-0.1, -0.05) is 18.2 Å². The second-order valence-electron chi connectivity index (χ2n) is 9.09. The van der Waals surface area contributed by atoms with Crippen LogP contribution in [0.5, 0.6) is 0 Å². The van der Waals surface area contributed by atoms with E-state index in [1.807, 2.05) is 18.2 Å². The monoisotopic (exact) mass is 548 g/mol. The minimum Gasteiger partial charge on any atom is -0.481 e. The number of hydrogen-bond acceptors (Lipinski definition) is 8. The number of aromatic nitrogens is 1. The standard InChI is InChI=1S/C25H36N6O8/c26-10-4-3-7-18(25(38)39)29-24(37)20(13-32)31-23(36)19(30-22(35)16(27)8-9-21(33)34)11-14-12-28-17-6-2-1-5-15(14)17/h1-2,5-6,12,16,18-20,28,32H,3-4,7-11,13,26-27H2,(H,29,37)(H,30,35)(H,31,36)(H,33,34)(H,38,39). The lowest BCUT2D eigenvalue weighted by molar-refractivity contribution is -0.143. The predicted molar refractivity (Wildman–Crippen MR) is 140 cm³/mol. The van der Waals surface area contributed by atoms with Crippen molar-refractivity contribution >= 4 is 40.6 Å². The Hall–Kier alpha value is -4.01. The summed E-state index contributed by atoms with van der Waals surface area (Å²) in [4.78, 5) is 64.1. The third kappa shape index (κ3) is 9.67. The van der Waals surface area contributed by atoms with Crippen LogP contribution in [0.4, 0.5) is 0 Å². The van der Waals surface area contributed by atoms with E-state index in [0.29, 0.717) is 24.9 Å². The van der Waals surface area contributed by atoms with E-state index in [1.165, 1.54) is 0 Å². The SMILES string of the molecule is NCCCCC(NC(=O)C(CO)NC(=O)C(Cc1c[nH]c2ccccc12)NC(=O)C(N)CCC(=O)O)C(=O)O. The second kappa shape index (κ2) is 15.4. The highest BCUT2D eigenvalue weighted by Gasteiger charge is 2.30. The Morgan fingerprint density at radius 1 is 0.872 bits per heavy atom. The Labute approximate surface area is 224 Å². The van der Waals surface area contributed by atoms with E-state index in [9.17, 15) is 34.2 Å². The molecule has 1 aromatic carbocycles. The number of nitrogens with two attached hydrogens (primary N) is 2. The van der Waals surface area contributed by atoms with Crippen molar-refractivity contribution in [2.75, 3.05) is 13.2 Å². The molecule has 3 amide bonds. The first-order valence-corrected chi connectivity index (χ1v) is 12.5. The second-order valence-corrected chi connectivity index (χ2v) is 9.09. The van der Waals surface area contributed by atoms with E-state index in [2.05, 4.69) is 20.9 Å². The van der Waals surface area contributed by atoms with Crippen LogP contribution < -0.4 is 27.4 Å². The lowest BCUT2D eigenvalue weighted by atomic mass is 10.0. The zero-order valence-corrected chi connectivity index (χ0v) is 21.4. The number of amides is 3. The number of H-pyrrole nitrogens is 1. The van der Waals surface area contributed by atoms with Gasteiger partial charge in [-0.05, 0) is 43.9 Å². The molecule has 2 rings (SSSR count). The van der Waals surface area contributed by atoms with Gasteiger partial charge in [0.25, 0.3) is 0 Å². The molecular weight excluding hydrogens is 512 g/mol. The maximum Gasteiger partial charge on any atom is 0.326 e. The van der Waals surface area contributed by atoms with Crippen LogP contribution in [0.15, 0.2) is 30.5 Å². The number of carboxylic acid groups (broad SMARTS) is 2. The Morgan fingerprint density at radius 2 is 1.51 bits per heavy atom. The number of nitrogens with one attached hydrogen (secondary N) is 4. The molecule has 4 atom stereocenters. The smallest absolute Gasteiger partial charge is 0.326 e. The molecular formula is C25H36N6O8. The molecule has 0 radical (unpaired) electrons. The van der Waals surface area contributed by atoms with Crippen molar-refractivity contribution in [3.63, 3.8) is 0 Å². The van der Waals surface area contributed by atoms with Crippen molar-refractivity contribution in [1.29, 1.82) is 0 Å². The first-order chi connectivity index (χ1) is 18.6. The minimum atomic E-state index is -1.50. The number of aromatic amines is 1. The van der Waals surface area contributed by atoms with Gasteiger partial charge in [0.2, 0.25) is 17.7 Å². The molecule has 4 unspecified atom stereocenters. The summed E-state index contributed by atoms with van der Waals surface area (Å²) in [5.41, 5.74) is 12.7. The van der Waals surface area contributed by atoms with Crippen LogP contribution in [0.3, 0.4) is 0 Å². The molecule has 0 fully saturated rings. The Kier molecular flexibility index (Phi) is 12.3. The Bertz CT molecular complexity index is 1150. The van der Waals surface area contributed by atoms with Crippen molar-refractivity contribution in [2.45, 2.75) is 62.7 Å². The topological polar surface area (TPSA) is 250 Å². The number of hydrogen-bond donors (Lipinski definition) is 9. The van der Waals surface area contributed by atoms with E-state index in [1.54, 1.807) is 12.3 Å². The molecule has 1 aromatic heterocycles. The molecule has 11 N–H and O–H groups in total. The number of aliphatic carboxylic acids is 2. The average Bonchev–Trinajstić information content (AvgIpc) is 3.31. The molecule has 0 spiro atoms. The lowest BCUT2D eigenvalue weighted by Crippen LogP contribution is -2.58. The number of carboxylic acids is 2. The molecule has 2 aromatic rings. The van der Waals surface area contributed by atoms with Crippen LogP contribution in [-0.4, -0.2) is 87.3 Å². The molecule has 0 bridgehead atoms. The first-order valence-electron chi connectivity index (χ1n) is 12.5. The zero-order chi connectivity index (χ0) is 28.9. The van der Waals surface area contributed by atoms with Crippen molar-refractivity contribution in [3.05, 3.63) is 36.0 Å². The van der Waals surface area contributed by atoms with Gasteiger partial charge in [-0.3, -0.25) is 19.2 Å². The fourth-order valence-electron chi connectivity index (χ4n) is 3.91. The molecule has 1 heterocycles. The van der Waals surface area contributed by atoms with Crippen LogP contribution in [0, 0.1) is 0 Å². The molecule has 0 aliphatic heterocycles. The molecule has 14 nitrogen and oxygen atoms in total. The van der Waals surface area contributed by atoms with E-state index < -0.39 is 60.4 Å². The highest BCUT2D eigenvalue weighted by Crippen LogP contribution is 2.19. The third-order valence-corrected chi connectivity index (χ3v) is 6.11. The van der Waals surface area contributed by atoms with E-state index >= 15 is 0 Å². The maximum atomic E-state index is 13.2. The highest BCUT2D eigenvalue weighted by molar-refractivity contribution is 5.95. The molecule has 0 saturated carbocycles. The van der Waals surface area contributed by atoms with E-state index in [-0.39, 0.29) is 25.7 Å². The van der Waals surface area contributed by atoms with Crippen LogP contribution in [0.2, 0.25) is 0 Å². The third-order valence-electron chi connectivity index (χ3n) is 6.11. The highest BCUT2D eigenvalue weighted by atomic mass is 16.4. The maximum absolute atomic E-state index is 13.2. The normalized spacial score (nSPS) is 14.1. The van der Waals surface area contributed by atoms with Crippen molar-refractivity contribution < 1.29 is 39.3 Å². The van der Waals surface area contributed by atoms with Gasteiger partial charge in [-0.2, -0.15) is 0 Å². The fraction of sp³-hybridized carbons (Fsp3) is 0.480. The predicted octanol–water partition coefficient (Wildman–Crippen LogP) is -1.44. The van der Waals surface area contributed by atoms with Gasteiger partial charge in [-0.15, -0.1) is 0 Å². The number of para-hydroxylation sites is 1. The number of aliphatic hydroxyl groups is 1. The van der Waals surface area contributed by atoms with Gasteiger partial charge < -0.3 is 47.7 Å². The number of fused-ring (bicyclic) bond motifs is 1. The number of unbranched alkanes of at least 4 members (excludes halogenated alkanes) is 1. The summed E-state index contributed by atoms with van der Waals surface area (Å²) in [6.07, 6.45) is 2.24. The largest absolute Gasteiger partial charge is 0.481 e.